The molecule has 1 nitrogen and oxygen atoms in total. The van der Waals surface area contributed by atoms with Crippen molar-refractivity contribution in [2.75, 3.05) is 0 Å². The zero-order valence-corrected chi connectivity index (χ0v) is 15.4. The lowest BCUT2D eigenvalue weighted by Crippen LogP contribution is -1.93. The van der Waals surface area contributed by atoms with E-state index in [9.17, 15) is 0 Å². The van der Waals surface area contributed by atoms with Crippen LogP contribution in [0.25, 0.3) is 27.5 Å². The van der Waals surface area contributed by atoms with Crippen molar-refractivity contribution < 1.29 is 0 Å². The molecule has 1 aromatic heterocycles. The summed E-state index contributed by atoms with van der Waals surface area (Å²) in [4.78, 5) is 0. The number of para-hydroxylation sites is 2. The molecule has 0 unspecified atom stereocenters. The van der Waals surface area contributed by atoms with E-state index in [1.165, 1.54) is 44.2 Å². The molecule has 130 valence electrons. The van der Waals surface area contributed by atoms with Crippen molar-refractivity contribution in [2.24, 2.45) is 0 Å². The summed E-state index contributed by atoms with van der Waals surface area (Å²) in [7, 11) is 0. The first kappa shape index (κ1) is 15.9. The molecule has 1 heterocycles. The quantitative estimate of drug-likeness (QED) is 0.343. The normalized spacial score (nSPS) is 11.3. The summed E-state index contributed by atoms with van der Waals surface area (Å²) < 4.78 is 2.36. The standard InChI is InChI=1S/C26H21N/c1-19-11-13-20(14-12-19)17-21-15-16-26-24(18-21)23-9-5-6-10-25(23)27(26)22-7-3-2-4-8-22/h2-16,18H,17H2,1H3. The van der Waals surface area contributed by atoms with Crippen LogP contribution in [0.5, 0.6) is 0 Å². The van der Waals surface area contributed by atoms with E-state index in [1.54, 1.807) is 0 Å². The summed E-state index contributed by atoms with van der Waals surface area (Å²) in [5.74, 6) is 0. The molecule has 0 saturated heterocycles. The van der Waals surface area contributed by atoms with Gasteiger partial charge in [-0.05, 0) is 54.8 Å². The maximum atomic E-state index is 2.36. The van der Waals surface area contributed by atoms with Crippen LogP contribution in [0.3, 0.4) is 0 Å². The minimum Gasteiger partial charge on any atom is -0.309 e. The summed E-state index contributed by atoms with van der Waals surface area (Å²) in [6.07, 6.45) is 0.959. The molecule has 0 bridgehead atoms. The van der Waals surface area contributed by atoms with Crippen molar-refractivity contribution in [1.29, 1.82) is 0 Å². The number of benzene rings is 4. The summed E-state index contributed by atoms with van der Waals surface area (Å²) in [6, 6.07) is 35.0. The number of fused-ring (bicyclic) bond motifs is 3. The van der Waals surface area contributed by atoms with E-state index in [0.717, 1.165) is 6.42 Å². The number of hydrogen-bond donors (Lipinski definition) is 0. The lowest BCUT2D eigenvalue weighted by Gasteiger charge is -2.08. The number of hydrogen-bond acceptors (Lipinski definition) is 0. The molecule has 1 heteroatoms. The fraction of sp³-hybridized carbons (Fsp3) is 0.0769. The monoisotopic (exact) mass is 347 g/mol. The summed E-state index contributed by atoms with van der Waals surface area (Å²) in [6.45, 7) is 2.13. The molecular formula is C26H21N. The van der Waals surface area contributed by atoms with E-state index in [2.05, 4.69) is 109 Å². The molecule has 0 amide bonds. The molecule has 5 aromatic rings. The van der Waals surface area contributed by atoms with E-state index in [-0.39, 0.29) is 0 Å². The van der Waals surface area contributed by atoms with E-state index in [4.69, 9.17) is 0 Å². The largest absolute Gasteiger partial charge is 0.309 e. The Kier molecular flexibility index (Phi) is 3.79. The number of aromatic nitrogens is 1. The molecule has 5 rings (SSSR count). The average Bonchev–Trinajstić information content (AvgIpc) is 3.04. The highest BCUT2D eigenvalue weighted by atomic mass is 15.0. The van der Waals surface area contributed by atoms with Crippen LogP contribution in [-0.2, 0) is 6.42 Å². The highest BCUT2D eigenvalue weighted by Crippen LogP contribution is 2.32. The van der Waals surface area contributed by atoms with Crippen LogP contribution in [0.2, 0.25) is 0 Å². The van der Waals surface area contributed by atoms with Gasteiger partial charge in [0.05, 0.1) is 11.0 Å². The molecule has 0 spiro atoms. The van der Waals surface area contributed by atoms with Crippen LogP contribution in [0.4, 0.5) is 0 Å². The smallest absolute Gasteiger partial charge is 0.0541 e. The highest BCUT2D eigenvalue weighted by Gasteiger charge is 2.12. The first-order valence-corrected chi connectivity index (χ1v) is 9.43. The summed E-state index contributed by atoms with van der Waals surface area (Å²) >= 11 is 0. The van der Waals surface area contributed by atoms with Crippen molar-refractivity contribution in [3.63, 3.8) is 0 Å². The van der Waals surface area contributed by atoms with Crippen LogP contribution < -0.4 is 0 Å². The molecule has 0 aliphatic rings. The average molecular weight is 347 g/mol. The van der Waals surface area contributed by atoms with Gasteiger partial charge in [0.25, 0.3) is 0 Å². The van der Waals surface area contributed by atoms with Crippen LogP contribution in [0, 0.1) is 6.92 Å². The predicted octanol–water partition coefficient (Wildman–Crippen LogP) is 6.68. The first-order chi connectivity index (χ1) is 13.3. The van der Waals surface area contributed by atoms with E-state index >= 15 is 0 Å². The van der Waals surface area contributed by atoms with Crippen LogP contribution in [0.15, 0.2) is 97.1 Å². The third-order valence-corrected chi connectivity index (χ3v) is 5.28. The maximum Gasteiger partial charge on any atom is 0.0541 e. The molecule has 0 fully saturated rings. The van der Waals surface area contributed by atoms with Gasteiger partial charge in [-0.25, -0.2) is 0 Å². The molecule has 4 aromatic carbocycles. The van der Waals surface area contributed by atoms with Crippen molar-refractivity contribution in [2.45, 2.75) is 13.3 Å². The Bertz CT molecular complexity index is 1230. The number of rotatable bonds is 3. The second-order valence-corrected chi connectivity index (χ2v) is 7.20. The van der Waals surface area contributed by atoms with Gasteiger partial charge in [-0.2, -0.15) is 0 Å². The second kappa shape index (κ2) is 6.44. The Balaban J connectivity index is 1.69. The van der Waals surface area contributed by atoms with Gasteiger partial charge in [0.15, 0.2) is 0 Å². The maximum absolute atomic E-state index is 2.36. The van der Waals surface area contributed by atoms with Gasteiger partial charge < -0.3 is 4.57 Å². The first-order valence-electron chi connectivity index (χ1n) is 9.43. The SMILES string of the molecule is Cc1ccc(Cc2ccc3c(c2)c2ccccc2n3-c2ccccc2)cc1. The Morgan fingerprint density at radius 1 is 0.593 bits per heavy atom. The zero-order chi connectivity index (χ0) is 18.2. The van der Waals surface area contributed by atoms with Crippen LogP contribution >= 0.6 is 0 Å². The topological polar surface area (TPSA) is 4.93 Å². The molecule has 0 radical (unpaired) electrons. The van der Waals surface area contributed by atoms with Gasteiger partial charge in [0, 0.05) is 16.5 Å². The zero-order valence-electron chi connectivity index (χ0n) is 15.4. The summed E-state index contributed by atoms with van der Waals surface area (Å²) in [5, 5.41) is 2.63. The van der Waals surface area contributed by atoms with Crippen LogP contribution in [-0.4, -0.2) is 4.57 Å². The van der Waals surface area contributed by atoms with Crippen molar-refractivity contribution in [1.82, 2.24) is 4.57 Å². The van der Waals surface area contributed by atoms with E-state index in [1.807, 2.05) is 0 Å². The minimum absolute atomic E-state index is 0.959. The third-order valence-electron chi connectivity index (χ3n) is 5.28. The van der Waals surface area contributed by atoms with Crippen molar-refractivity contribution >= 4 is 21.8 Å². The molecule has 0 aliphatic heterocycles. The molecular weight excluding hydrogens is 326 g/mol. The Morgan fingerprint density at radius 3 is 2.07 bits per heavy atom. The Labute approximate surface area is 159 Å². The van der Waals surface area contributed by atoms with E-state index in [0.29, 0.717) is 0 Å². The minimum atomic E-state index is 0.959. The predicted molar refractivity (Wildman–Crippen MR) is 115 cm³/mol. The van der Waals surface area contributed by atoms with Gasteiger partial charge >= 0.3 is 0 Å². The van der Waals surface area contributed by atoms with Crippen LogP contribution in [0.1, 0.15) is 16.7 Å². The lowest BCUT2D eigenvalue weighted by atomic mass is 10.0. The van der Waals surface area contributed by atoms with Gasteiger partial charge in [0.2, 0.25) is 0 Å². The van der Waals surface area contributed by atoms with Crippen molar-refractivity contribution in [3.8, 4) is 5.69 Å². The van der Waals surface area contributed by atoms with Gasteiger partial charge in [0.1, 0.15) is 0 Å². The molecule has 0 aliphatic carbocycles. The van der Waals surface area contributed by atoms with Gasteiger partial charge in [-0.3, -0.25) is 0 Å². The fourth-order valence-corrected chi connectivity index (χ4v) is 3.93. The Hall–Kier alpha value is -3.32. The lowest BCUT2D eigenvalue weighted by molar-refractivity contribution is 1.17. The molecule has 0 N–H and O–H groups in total. The highest BCUT2D eigenvalue weighted by molar-refractivity contribution is 6.09. The molecule has 0 saturated carbocycles. The van der Waals surface area contributed by atoms with Gasteiger partial charge in [-0.15, -0.1) is 0 Å². The molecule has 0 atom stereocenters. The van der Waals surface area contributed by atoms with Gasteiger partial charge in [-0.1, -0.05) is 72.3 Å². The molecule has 27 heavy (non-hydrogen) atoms. The number of nitrogens with zero attached hydrogens (tertiary/aromatic N) is 1. The van der Waals surface area contributed by atoms with Crippen molar-refractivity contribution in [3.05, 3.63) is 114 Å². The third kappa shape index (κ3) is 2.82. The fourth-order valence-electron chi connectivity index (χ4n) is 3.93. The Morgan fingerprint density at radius 2 is 1.26 bits per heavy atom. The summed E-state index contributed by atoms with van der Waals surface area (Å²) in [5.41, 5.74) is 7.73. The van der Waals surface area contributed by atoms with E-state index < -0.39 is 0 Å². The number of aryl methyl sites for hydroxylation is 1. The second-order valence-electron chi connectivity index (χ2n) is 7.20.